The zero-order valence-corrected chi connectivity index (χ0v) is 8.66. The van der Waals surface area contributed by atoms with Crippen LogP contribution in [0.1, 0.15) is 6.92 Å². The van der Waals surface area contributed by atoms with Crippen molar-refractivity contribution in [1.29, 1.82) is 0 Å². The Kier molecular flexibility index (Phi) is 115. The molecule has 0 rings (SSSR count). The molecule has 0 aromatic heterocycles. The molecule has 0 saturated carbocycles. The van der Waals surface area contributed by atoms with Crippen LogP contribution in [-0.2, 0) is 4.79 Å². The third-order valence-corrected chi connectivity index (χ3v) is 0. The molecule has 0 aromatic rings. The van der Waals surface area contributed by atoms with Gasteiger partial charge in [-0.2, -0.15) is 0 Å². The van der Waals surface area contributed by atoms with Crippen LogP contribution in [-0.4, -0.2) is 54.9 Å². The number of halogens is 3. The summed E-state index contributed by atoms with van der Waals surface area (Å²) in [6, 6.07) is 0. The average Bonchev–Trinajstić information content (AvgIpc) is 0.811. The summed E-state index contributed by atoms with van der Waals surface area (Å²) < 4.78 is 0. The fourth-order valence-corrected chi connectivity index (χ4v) is 0. The van der Waals surface area contributed by atoms with Crippen molar-refractivity contribution in [2.24, 2.45) is 0 Å². The van der Waals surface area contributed by atoms with Crippen molar-refractivity contribution in [1.82, 2.24) is 0 Å². The van der Waals surface area contributed by atoms with E-state index in [4.69, 9.17) is 9.90 Å². The monoisotopic (exact) mass is 256 g/mol. The third-order valence-electron chi connectivity index (χ3n) is 0. The molecule has 0 atom stereocenters. The van der Waals surface area contributed by atoms with Crippen LogP contribution in [0.2, 0.25) is 0 Å². The molecule has 2 nitrogen and oxygen atoms in total. The summed E-state index contributed by atoms with van der Waals surface area (Å²) in [5, 5.41) is 8.89. The summed E-state index contributed by atoms with van der Waals surface area (Å²) in [5.74, 6) is -1.08. The average molecular weight is 255 g/mol. The zero-order valence-electron chi connectivity index (χ0n) is 4.22. The Hall–Kier alpha value is 0.831. The van der Waals surface area contributed by atoms with Gasteiger partial charge in [-0.3, -0.25) is 9.41 Å². The SMILES string of the molecule is CC(=O)[O-].F.F.[Ba+2].[F-]. The summed E-state index contributed by atoms with van der Waals surface area (Å²) in [5.41, 5.74) is 0. The van der Waals surface area contributed by atoms with E-state index in [1.807, 2.05) is 0 Å². The van der Waals surface area contributed by atoms with Crippen molar-refractivity contribution in [3.05, 3.63) is 0 Å². The van der Waals surface area contributed by atoms with Crippen LogP contribution in [0.3, 0.4) is 0 Å². The molecule has 0 heterocycles. The number of hydrogen-bond acceptors (Lipinski definition) is 2. The van der Waals surface area contributed by atoms with E-state index in [-0.39, 0.29) is 63.0 Å². The van der Waals surface area contributed by atoms with Gasteiger partial charge in [0.1, 0.15) is 0 Å². The normalized spacial score (nSPS) is 3.12. The summed E-state index contributed by atoms with van der Waals surface area (Å²) in [4.78, 5) is 8.89. The van der Waals surface area contributed by atoms with E-state index in [2.05, 4.69) is 0 Å². The van der Waals surface area contributed by atoms with Crippen LogP contribution in [0.5, 0.6) is 0 Å². The van der Waals surface area contributed by atoms with Gasteiger partial charge in [0.05, 0.1) is 0 Å². The predicted octanol–water partition coefficient (Wildman–Crippen LogP) is -4.32. The van der Waals surface area contributed by atoms with Gasteiger partial charge in [-0.25, -0.2) is 0 Å². The quantitative estimate of drug-likeness (QED) is 0.411. The smallest absolute Gasteiger partial charge is 1.00 e. The van der Waals surface area contributed by atoms with Crippen LogP contribution in [0.25, 0.3) is 0 Å². The first kappa shape index (κ1) is 36.9. The molecule has 8 heavy (non-hydrogen) atoms. The van der Waals surface area contributed by atoms with Gasteiger partial charge in [0.2, 0.25) is 0 Å². The van der Waals surface area contributed by atoms with Crippen LogP contribution in [0, 0.1) is 0 Å². The zero-order chi connectivity index (χ0) is 3.58. The molecule has 0 fully saturated rings. The van der Waals surface area contributed by atoms with Crippen molar-refractivity contribution in [3.63, 3.8) is 0 Å². The predicted molar refractivity (Wildman–Crippen MR) is 21.4 cm³/mol. The number of carboxylic acids is 1. The molecule has 0 unspecified atom stereocenters. The molecule has 0 bridgehead atoms. The van der Waals surface area contributed by atoms with Crippen LogP contribution < -0.4 is 9.81 Å². The molecule has 0 radical (unpaired) electrons. The summed E-state index contributed by atoms with van der Waals surface area (Å²) in [6.45, 7) is 0.972. The number of aliphatic carboxylic acids is 1. The first-order chi connectivity index (χ1) is 1.73. The number of carbonyl (C=O) groups is 1. The summed E-state index contributed by atoms with van der Waals surface area (Å²) >= 11 is 0. The molecular weight excluding hydrogens is 250 g/mol. The second-order valence-electron chi connectivity index (χ2n) is 0.492. The number of carboxylic acid groups (broad SMARTS) is 1. The summed E-state index contributed by atoms with van der Waals surface area (Å²) in [6.07, 6.45) is 0. The van der Waals surface area contributed by atoms with E-state index < -0.39 is 5.97 Å². The Labute approximate surface area is 84.8 Å². The molecule has 0 aliphatic heterocycles. The van der Waals surface area contributed by atoms with Gasteiger partial charge in [-0.15, -0.1) is 0 Å². The van der Waals surface area contributed by atoms with Crippen LogP contribution >= 0.6 is 0 Å². The molecule has 0 aromatic carbocycles. The second kappa shape index (κ2) is 24.9. The van der Waals surface area contributed by atoms with E-state index in [0.29, 0.717) is 0 Å². The molecule has 0 amide bonds. The molecule has 0 saturated heterocycles. The Balaban J connectivity index is -0.00000000750. The maximum absolute atomic E-state index is 8.89. The molecule has 0 N–H and O–H groups in total. The van der Waals surface area contributed by atoms with Crippen LogP contribution in [0.4, 0.5) is 9.41 Å². The summed E-state index contributed by atoms with van der Waals surface area (Å²) in [7, 11) is 0. The van der Waals surface area contributed by atoms with Gasteiger partial charge < -0.3 is 14.6 Å². The Bertz CT molecular complexity index is 38.3. The number of rotatable bonds is 0. The van der Waals surface area contributed by atoms with Crippen LogP contribution in [0.15, 0.2) is 0 Å². The van der Waals surface area contributed by atoms with E-state index in [0.717, 1.165) is 6.92 Å². The minimum Gasteiger partial charge on any atom is -1.00 e. The first-order valence-electron chi connectivity index (χ1n) is 0.908. The van der Waals surface area contributed by atoms with Crippen molar-refractivity contribution in [2.45, 2.75) is 6.92 Å². The van der Waals surface area contributed by atoms with Gasteiger partial charge in [-0.05, 0) is 6.92 Å². The standard InChI is InChI=1S/C2H4O2.Ba.3FH/c1-2(3)4;;;;/h1H3,(H,3,4);;3*1H/q;+2;;;/p-2. The van der Waals surface area contributed by atoms with Gasteiger partial charge >= 0.3 is 48.9 Å². The van der Waals surface area contributed by atoms with Gasteiger partial charge in [0.25, 0.3) is 0 Å². The second-order valence-corrected chi connectivity index (χ2v) is 0.492. The Morgan fingerprint density at radius 2 is 1.38 bits per heavy atom. The Morgan fingerprint density at radius 1 is 1.38 bits per heavy atom. The molecule has 48 valence electrons. The van der Waals surface area contributed by atoms with Crippen molar-refractivity contribution < 1.29 is 24.0 Å². The molecule has 6 heteroatoms. The minimum atomic E-state index is -1.08. The van der Waals surface area contributed by atoms with Gasteiger partial charge in [0.15, 0.2) is 0 Å². The van der Waals surface area contributed by atoms with E-state index in [9.17, 15) is 0 Å². The van der Waals surface area contributed by atoms with Crippen molar-refractivity contribution in [3.8, 4) is 0 Å². The van der Waals surface area contributed by atoms with E-state index in [1.165, 1.54) is 0 Å². The van der Waals surface area contributed by atoms with Gasteiger partial charge in [-0.1, -0.05) is 0 Å². The molecular formula is C2H5BaF3O2. The maximum atomic E-state index is 8.89. The van der Waals surface area contributed by atoms with Crippen molar-refractivity contribution >= 4 is 54.9 Å². The van der Waals surface area contributed by atoms with E-state index >= 15 is 0 Å². The first-order valence-corrected chi connectivity index (χ1v) is 0.908. The minimum absolute atomic E-state index is 0. The molecule has 0 spiro atoms. The third kappa shape index (κ3) is 336. The maximum Gasteiger partial charge on any atom is 2.00 e. The number of carbonyl (C=O) groups excluding carboxylic acids is 1. The number of hydrogen-bond donors (Lipinski definition) is 0. The van der Waals surface area contributed by atoms with Gasteiger partial charge in [0, 0.05) is 5.97 Å². The Morgan fingerprint density at radius 3 is 1.38 bits per heavy atom. The molecule has 0 aliphatic carbocycles. The fourth-order valence-electron chi connectivity index (χ4n) is 0. The van der Waals surface area contributed by atoms with E-state index in [1.54, 1.807) is 0 Å². The van der Waals surface area contributed by atoms with Crippen molar-refractivity contribution in [2.75, 3.05) is 0 Å². The largest absolute Gasteiger partial charge is 2.00 e. The topological polar surface area (TPSA) is 40.1 Å². The molecule has 0 aliphatic rings. The fraction of sp³-hybridized carbons (Fsp3) is 0.500.